The van der Waals surface area contributed by atoms with Gasteiger partial charge in [-0.25, -0.2) is 0 Å². The lowest BCUT2D eigenvalue weighted by atomic mass is 9.88. The van der Waals surface area contributed by atoms with Crippen molar-refractivity contribution in [3.8, 4) is 5.75 Å². The van der Waals surface area contributed by atoms with Gasteiger partial charge in [0.1, 0.15) is 5.75 Å². The van der Waals surface area contributed by atoms with E-state index in [1.807, 2.05) is 36.4 Å². The zero-order chi connectivity index (χ0) is 25.7. The van der Waals surface area contributed by atoms with Crippen LogP contribution in [-0.2, 0) is 16.7 Å². The Kier molecular flexibility index (Phi) is 9.25. The standard InChI is InChI=1S/C25H38N2O6S2/c1-4-6-12-25(5-2)18-34(28,29)23-15-20(17-26-13-14-35(30,31)32)22(33-3)16-21(23)24(27-25)19-10-8-7-9-11-19/h7-11,15-16,24,26-29H,4-6,12-14,17-18H2,1-3H3,(H,30,31,32)/t24-,25-/m1/s1. The molecule has 0 aliphatic carbocycles. The highest BCUT2D eigenvalue weighted by atomic mass is 32.3. The molecule has 2 atom stereocenters. The molecule has 0 spiro atoms. The summed E-state index contributed by atoms with van der Waals surface area (Å²) in [4.78, 5) is 0.484. The Bertz CT molecular complexity index is 1090. The van der Waals surface area contributed by atoms with E-state index in [1.165, 1.54) is 0 Å². The molecular weight excluding hydrogens is 488 g/mol. The normalized spacial score (nSPS) is 22.7. The number of unbranched alkanes of at least 4 members (excludes halogenated alkanes) is 1. The van der Waals surface area contributed by atoms with E-state index < -0.39 is 32.0 Å². The summed E-state index contributed by atoms with van der Waals surface area (Å²) in [5.41, 5.74) is 2.03. The third-order valence-electron chi connectivity index (χ3n) is 6.67. The van der Waals surface area contributed by atoms with Crippen LogP contribution in [0, 0.1) is 0 Å². The lowest BCUT2D eigenvalue weighted by Gasteiger charge is -2.42. The molecule has 0 saturated heterocycles. The second-order valence-electron chi connectivity index (χ2n) is 9.20. The van der Waals surface area contributed by atoms with Gasteiger partial charge in [0.25, 0.3) is 10.1 Å². The lowest BCUT2D eigenvalue weighted by Crippen LogP contribution is -2.49. The van der Waals surface area contributed by atoms with Crippen molar-refractivity contribution >= 4 is 20.7 Å². The molecule has 8 nitrogen and oxygen atoms in total. The van der Waals surface area contributed by atoms with Gasteiger partial charge in [-0.05, 0) is 30.5 Å². The maximum atomic E-state index is 11.5. The van der Waals surface area contributed by atoms with E-state index in [0.717, 1.165) is 36.8 Å². The largest absolute Gasteiger partial charge is 0.496 e. The van der Waals surface area contributed by atoms with Crippen molar-refractivity contribution in [3.63, 3.8) is 0 Å². The monoisotopic (exact) mass is 526 g/mol. The summed E-state index contributed by atoms with van der Waals surface area (Å²) in [6.45, 7) is 4.52. The Labute approximate surface area is 210 Å². The van der Waals surface area contributed by atoms with E-state index in [1.54, 1.807) is 13.2 Å². The van der Waals surface area contributed by atoms with Crippen LogP contribution < -0.4 is 15.4 Å². The maximum absolute atomic E-state index is 11.5. The second-order valence-corrected chi connectivity index (χ2v) is 12.8. The van der Waals surface area contributed by atoms with Crippen LogP contribution >= 0.6 is 10.6 Å². The Balaban J connectivity index is 2.09. The first kappa shape index (κ1) is 27.9. The number of hydrogen-bond acceptors (Lipinski definition) is 7. The highest BCUT2D eigenvalue weighted by Crippen LogP contribution is 2.58. The Hall–Kier alpha value is -1.66. The maximum Gasteiger partial charge on any atom is 0.266 e. The Morgan fingerprint density at radius 1 is 1.20 bits per heavy atom. The predicted molar refractivity (Wildman–Crippen MR) is 141 cm³/mol. The van der Waals surface area contributed by atoms with Gasteiger partial charge >= 0.3 is 0 Å². The topological polar surface area (TPSA) is 128 Å². The summed E-state index contributed by atoms with van der Waals surface area (Å²) in [6.07, 6.45) is 3.56. The molecule has 3 rings (SSSR count). The summed E-state index contributed by atoms with van der Waals surface area (Å²) in [5, 5.41) is 6.81. The third kappa shape index (κ3) is 6.97. The number of rotatable bonds is 11. The molecule has 1 heterocycles. The minimum atomic E-state index is -4.07. The van der Waals surface area contributed by atoms with Crippen molar-refractivity contribution in [1.29, 1.82) is 0 Å². The highest BCUT2D eigenvalue weighted by Gasteiger charge is 2.42. The van der Waals surface area contributed by atoms with Crippen LogP contribution in [0.15, 0.2) is 47.4 Å². The smallest absolute Gasteiger partial charge is 0.266 e. The first-order valence-corrected chi connectivity index (χ1v) is 15.3. The number of ether oxygens (including phenoxy) is 1. The van der Waals surface area contributed by atoms with E-state index >= 15 is 0 Å². The molecule has 10 heteroatoms. The van der Waals surface area contributed by atoms with Gasteiger partial charge in [0.2, 0.25) is 0 Å². The third-order valence-corrected chi connectivity index (χ3v) is 9.41. The van der Waals surface area contributed by atoms with Gasteiger partial charge < -0.3 is 10.1 Å². The average molecular weight is 527 g/mol. The fourth-order valence-electron chi connectivity index (χ4n) is 4.72. The van der Waals surface area contributed by atoms with Gasteiger partial charge in [-0.2, -0.15) is 19.0 Å². The molecule has 0 fully saturated rings. The Morgan fingerprint density at radius 3 is 2.51 bits per heavy atom. The molecule has 35 heavy (non-hydrogen) atoms. The SMILES string of the molecule is CCCC[C@]1(CC)CS(O)(O)c2cc(CNCCS(=O)(=O)O)c(OC)cc2[C@@H](c2ccccc2)N1. The minimum absolute atomic E-state index is 0.0550. The molecule has 196 valence electrons. The van der Waals surface area contributed by atoms with Gasteiger partial charge in [-0.15, -0.1) is 0 Å². The predicted octanol–water partition coefficient (Wildman–Crippen LogP) is 4.81. The summed E-state index contributed by atoms with van der Waals surface area (Å²) < 4.78 is 59.8. The number of fused-ring (bicyclic) bond motifs is 1. The Morgan fingerprint density at radius 2 is 1.91 bits per heavy atom. The zero-order valence-electron chi connectivity index (χ0n) is 20.7. The fraction of sp³-hybridized carbons (Fsp3) is 0.520. The summed E-state index contributed by atoms with van der Waals surface area (Å²) >= 11 is 0. The van der Waals surface area contributed by atoms with Gasteiger partial charge in [0.05, 0.1) is 29.6 Å². The van der Waals surface area contributed by atoms with Crippen LogP contribution in [0.25, 0.3) is 0 Å². The van der Waals surface area contributed by atoms with Crippen LogP contribution in [0.5, 0.6) is 5.75 Å². The van der Waals surface area contributed by atoms with Gasteiger partial charge in [-0.3, -0.25) is 19.0 Å². The van der Waals surface area contributed by atoms with E-state index in [2.05, 4.69) is 24.5 Å². The molecule has 0 aromatic heterocycles. The second kappa shape index (κ2) is 11.6. The summed E-state index contributed by atoms with van der Waals surface area (Å²) in [7, 11) is -5.67. The molecule has 0 saturated carbocycles. The molecule has 0 amide bonds. The quantitative estimate of drug-likeness (QED) is 0.208. The van der Waals surface area contributed by atoms with Crippen LogP contribution in [0.3, 0.4) is 0 Å². The number of nitrogens with one attached hydrogen (secondary N) is 2. The molecule has 1 aliphatic rings. The van der Waals surface area contributed by atoms with Crippen molar-refractivity contribution in [1.82, 2.24) is 10.6 Å². The molecule has 0 bridgehead atoms. The summed E-state index contributed by atoms with van der Waals surface area (Å²) in [6, 6.07) is 13.4. The molecule has 2 aromatic carbocycles. The van der Waals surface area contributed by atoms with Crippen LogP contribution in [0.1, 0.15) is 62.3 Å². The van der Waals surface area contributed by atoms with Crippen molar-refractivity contribution < 1.29 is 26.8 Å². The summed E-state index contributed by atoms with van der Waals surface area (Å²) in [5.74, 6) is 0.374. The molecule has 5 N–H and O–H groups in total. The number of benzene rings is 2. The number of hydrogen-bond donors (Lipinski definition) is 5. The van der Waals surface area contributed by atoms with Crippen molar-refractivity contribution in [2.45, 2.75) is 62.6 Å². The number of methoxy groups -OCH3 is 1. The van der Waals surface area contributed by atoms with Gasteiger partial charge in [0, 0.05) is 29.8 Å². The first-order chi connectivity index (χ1) is 16.5. The molecular formula is C25H38N2O6S2. The van der Waals surface area contributed by atoms with Crippen LogP contribution in [0.2, 0.25) is 0 Å². The van der Waals surface area contributed by atoms with Crippen LogP contribution in [0.4, 0.5) is 0 Å². The van der Waals surface area contributed by atoms with Crippen molar-refractivity contribution in [2.75, 3.05) is 25.2 Å². The molecule has 2 aromatic rings. The average Bonchev–Trinajstić information content (AvgIpc) is 2.92. The first-order valence-electron chi connectivity index (χ1n) is 12.0. The molecule has 0 radical (unpaired) electrons. The van der Waals surface area contributed by atoms with E-state index in [0.29, 0.717) is 16.2 Å². The fourth-order valence-corrected chi connectivity index (χ4v) is 7.36. The van der Waals surface area contributed by atoms with Gasteiger partial charge in [-0.1, -0.05) is 57.0 Å². The van der Waals surface area contributed by atoms with E-state index in [-0.39, 0.29) is 24.9 Å². The van der Waals surface area contributed by atoms with E-state index in [9.17, 15) is 17.5 Å². The zero-order valence-corrected chi connectivity index (χ0v) is 22.3. The molecule has 0 unspecified atom stereocenters. The van der Waals surface area contributed by atoms with Crippen molar-refractivity contribution in [2.24, 2.45) is 0 Å². The minimum Gasteiger partial charge on any atom is -0.496 e. The van der Waals surface area contributed by atoms with Crippen LogP contribution in [-0.4, -0.2) is 52.8 Å². The highest BCUT2D eigenvalue weighted by molar-refractivity contribution is 8.24. The molecule has 1 aliphatic heterocycles. The van der Waals surface area contributed by atoms with E-state index in [4.69, 9.17) is 9.29 Å². The van der Waals surface area contributed by atoms with Gasteiger partial charge in [0.15, 0.2) is 0 Å². The van der Waals surface area contributed by atoms with Crippen molar-refractivity contribution in [3.05, 3.63) is 59.2 Å². The lowest BCUT2D eigenvalue weighted by molar-refractivity contribution is 0.290.